The van der Waals surface area contributed by atoms with E-state index in [2.05, 4.69) is 31.4 Å². The van der Waals surface area contributed by atoms with Crippen molar-refractivity contribution in [2.75, 3.05) is 10.6 Å². The third kappa shape index (κ3) is 5.45. The lowest BCUT2D eigenvalue weighted by molar-refractivity contribution is -0.120. The highest BCUT2D eigenvalue weighted by Gasteiger charge is 2.26. The number of carbonyl (C=O) groups excluding carboxylic acids is 2. The summed E-state index contributed by atoms with van der Waals surface area (Å²) in [6.07, 6.45) is 3.52. The number of hydrogen-bond acceptors (Lipinski definition) is 3. The molecule has 3 rings (SSSR count). The van der Waals surface area contributed by atoms with Crippen LogP contribution in [0, 0.1) is 5.92 Å². The molecule has 2 unspecified atom stereocenters. The van der Waals surface area contributed by atoms with Gasteiger partial charge < -0.3 is 16.4 Å². The Morgan fingerprint density at radius 2 is 1.55 bits per heavy atom. The van der Waals surface area contributed by atoms with Gasteiger partial charge in [0, 0.05) is 17.5 Å². The minimum absolute atomic E-state index is 0.0311. The quantitative estimate of drug-likeness (QED) is 0.704. The first kappa shape index (κ1) is 21.1. The Morgan fingerprint density at radius 1 is 0.931 bits per heavy atom. The van der Waals surface area contributed by atoms with Crippen molar-refractivity contribution >= 4 is 23.2 Å². The van der Waals surface area contributed by atoms with E-state index in [1.54, 1.807) is 12.1 Å². The van der Waals surface area contributed by atoms with Crippen LogP contribution in [-0.4, -0.2) is 17.9 Å². The van der Waals surface area contributed by atoms with Gasteiger partial charge in [-0.25, -0.2) is 0 Å². The van der Waals surface area contributed by atoms with Crippen molar-refractivity contribution in [2.24, 2.45) is 11.7 Å². The molecule has 1 aliphatic rings. The van der Waals surface area contributed by atoms with Crippen molar-refractivity contribution in [3.8, 4) is 0 Å². The molecule has 0 heterocycles. The van der Waals surface area contributed by atoms with Crippen LogP contribution in [0.3, 0.4) is 0 Å². The zero-order valence-corrected chi connectivity index (χ0v) is 17.5. The van der Waals surface area contributed by atoms with E-state index >= 15 is 0 Å². The number of nitrogens with one attached hydrogen (secondary N) is 2. The first-order valence-electron chi connectivity index (χ1n) is 10.3. The summed E-state index contributed by atoms with van der Waals surface area (Å²) in [7, 11) is 0. The third-order valence-electron chi connectivity index (χ3n) is 5.53. The molecule has 2 aromatic rings. The number of para-hydroxylation sites is 2. The standard InChI is InChI=1S/C24H31N3O2/c1-24(2,3)18-13-11-16(12-14-18)22(28)26-20-9-4-5-10-21(20)27-23(29)17-7-6-8-19(25)15-17/h4-5,9-14,17,19H,6-8,15,25H2,1-3H3,(H,26,28)(H,27,29). The molecule has 2 aromatic carbocycles. The molecule has 0 saturated heterocycles. The van der Waals surface area contributed by atoms with E-state index in [4.69, 9.17) is 5.73 Å². The van der Waals surface area contributed by atoms with Gasteiger partial charge in [-0.05, 0) is 54.5 Å². The Hall–Kier alpha value is -2.66. The smallest absolute Gasteiger partial charge is 0.255 e. The fraction of sp³-hybridized carbons (Fsp3) is 0.417. The normalized spacial score (nSPS) is 19.4. The minimum Gasteiger partial charge on any atom is -0.328 e. The van der Waals surface area contributed by atoms with Crippen LogP contribution in [-0.2, 0) is 10.2 Å². The summed E-state index contributed by atoms with van der Waals surface area (Å²) in [6.45, 7) is 6.42. The van der Waals surface area contributed by atoms with Crippen LogP contribution in [0.2, 0.25) is 0 Å². The molecule has 5 nitrogen and oxygen atoms in total. The monoisotopic (exact) mass is 393 g/mol. The highest BCUT2D eigenvalue weighted by Crippen LogP contribution is 2.28. The van der Waals surface area contributed by atoms with Crippen molar-refractivity contribution in [3.05, 3.63) is 59.7 Å². The summed E-state index contributed by atoms with van der Waals surface area (Å²) in [5, 5.41) is 5.90. The Morgan fingerprint density at radius 3 is 2.14 bits per heavy atom. The maximum Gasteiger partial charge on any atom is 0.255 e. The molecule has 0 spiro atoms. The zero-order chi connectivity index (χ0) is 21.0. The van der Waals surface area contributed by atoms with Crippen molar-refractivity contribution in [1.29, 1.82) is 0 Å². The molecule has 2 amide bonds. The minimum atomic E-state index is -0.202. The molecule has 2 atom stereocenters. The zero-order valence-electron chi connectivity index (χ0n) is 17.5. The molecule has 4 N–H and O–H groups in total. The summed E-state index contributed by atoms with van der Waals surface area (Å²) in [5.74, 6) is -0.310. The maximum atomic E-state index is 12.7. The first-order chi connectivity index (χ1) is 13.7. The number of anilines is 2. The molecule has 154 valence electrons. The molecule has 0 bridgehead atoms. The van der Waals surface area contributed by atoms with Gasteiger partial charge in [0.1, 0.15) is 0 Å². The third-order valence-corrected chi connectivity index (χ3v) is 5.53. The largest absolute Gasteiger partial charge is 0.328 e. The Kier molecular flexibility index (Phi) is 6.38. The molecule has 0 radical (unpaired) electrons. The summed E-state index contributed by atoms with van der Waals surface area (Å²) in [4.78, 5) is 25.4. The van der Waals surface area contributed by atoms with Crippen LogP contribution in [0.25, 0.3) is 0 Å². The van der Waals surface area contributed by atoms with Gasteiger partial charge in [-0.3, -0.25) is 9.59 Å². The van der Waals surface area contributed by atoms with Crippen LogP contribution >= 0.6 is 0 Å². The Bertz CT molecular complexity index is 868. The SMILES string of the molecule is CC(C)(C)c1ccc(C(=O)Nc2ccccc2NC(=O)C2CCCC(N)C2)cc1. The van der Waals surface area contributed by atoms with E-state index in [1.807, 2.05) is 36.4 Å². The van der Waals surface area contributed by atoms with Gasteiger partial charge in [0.2, 0.25) is 5.91 Å². The number of rotatable bonds is 4. The number of benzene rings is 2. The van der Waals surface area contributed by atoms with E-state index in [1.165, 1.54) is 5.56 Å². The lowest BCUT2D eigenvalue weighted by Crippen LogP contribution is -2.34. The van der Waals surface area contributed by atoms with Gasteiger partial charge in [0.05, 0.1) is 11.4 Å². The van der Waals surface area contributed by atoms with Gasteiger partial charge in [0.25, 0.3) is 5.91 Å². The predicted molar refractivity (Wildman–Crippen MR) is 118 cm³/mol. The summed E-state index contributed by atoms with van der Waals surface area (Å²) >= 11 is 0. The number of carbonyl (C=O) groups is 2. The second kappa shape index (κ2) is 8.78. The summed E-state index contributed by atoms with van der Waals surface area (Å²) in [6, 6.07) is 15.0. The van der Waals surface area contributed by atoms with Gasteiger partial charge in [-0.1, -0.05) is 51.5 Å². The van der Waals surface area contributed by atoms with E-state index in [0.29, 0.717) is 23.4 Å². The highest BCUT2D eigenvalue weighted by molar-refractivity contribution is 6.07. The van der Waals surface area contributed by atoms with Gasteiger partial charge in [-0.2, -0.15) is 0 Å². The average molecular weight is 394 g/mol. The fourth-order valence-corrected chi connectivity index (χ4v) is 3.72. The predicted octanol–water partition coefficient (Wildman–Crippen LogP) is 4.69. The summed E-state index contributed by atoms with van der Waals surface area (Å²) < 4.78 is 0. The van der Waals surface area contributed by atoms with Crippen LogP contribution < -0.4 is 16.4 Å². The first-order valence-corrected chi connectivity index (χ1v) is 10.3. The Balaban J connectivity index is 1.70. The lowest BCUT2D eigenvalue weighted by atomic mass is 9.85. The van der Waals surface area contributed by atoms with Crippen LogP contribution in [0.4, 0.5) is 11.4 Å². The fourth-order valence-electron chi connectivity index (χ4n) is 3.72. The van der Waals surface area contributed by atoms with Crippen molar-refractivity contribution in [1.82, 2.24) is 0 Å². The molecular weight excluding hydrogens is 362 g/mol. The average Bonchev–Trinajstić information content (AvgIpc) is 2.69. The van der Waals surface area contributed by atoms with E-state index < -0.39 is 0 Å². The molecule has 0 aromatic heterocycles. The molecule has 1 fully saturated rings. The van der Waals surface area contributed by atoms with Gasteiger partial charge in [0.15, 0.2) is 0 Å². The highest BCUT2D eigenvalue weighted by atomic mass is 16.2. The number of amides is 2. The molecule has 0 aliphatic heterocycles. The number of hydrogen-bond donors (Lipinski definition) is 3. The van der Waals surface area contributed by atoms with E-state index in [9.17, 15) is 9.59 Å². The van der Waals surface area contributed by atoms with Crippen LogP contribution in [0.1, 0.15) is 62.4 Å². The Labute approximate surface area is 173 Å². The van der Waals surface area contributed by atoms with Crippen molar-refractivity contribution in [3.63, 3.8) is 0 Å². The van der Waals surface area contributed by atoms with E-state index in [-0.39, 0.29) is 29.2 Å². The van der Waals surface area contributed by atoms with Gasteiger partial charge >= 0.3 is 0 Å². The molecular formula is C24H31N3O2. The van der Waals surface area contributed by atoms with E-state index in [0.717, 1.165) is 19.3 Å². The van der Waals surface area contributed by atoms with Crippen LogP contribution in [0.15, 0.2) is 48.5 Å². The van der Waals surface area contributed by atoms with Crippen molar-refractivity contribution in [2.45, 2.75) is 57.9 Å². The second-order valence-electron chi connectivity index (χ2n) is 8.94. The molecule has 1 saturated carbocycles. The molecule has 29 heavy (non-hydrogen) atoms. The van der Waals surface area contributed by atoms with Crippen molar-refractivity contribution < 1.29 is 9.59 Å². The summed E-state index contributed by atoms with van der Waals surface area (Å²) in [5.41, 5.74) is 9.00. The van der Waals surface area contributed by atoms with Crippen LogP contribution in [0.5, 0.6) is 0 Å². The molecule has 1 aliphatic carbocycles. The molecule has 5 heteroatoms. The second-order valence-corrected chi connectivity index (χ2v) is 8.94. The maximum absolute atomic E-state index is 12.7. The van der Waals surface area contributed by atoms with Gasteiger partial charge in [-0.15, -0.1) is 0 Å². The topological polar surface area (TPSA) is 84.2 Å². The lowest BCUT2D eigenvalue weighted by Gasteiger charge is -2.26. The number of nitrogens with two attached hydrogens (primary N) is 1.